The van der Waals surface area contributed by atoms with Gasteiger partial charge in [-0.3, -0.25) is 4.79 Å². The van der Waals surface area contributed by atoms with Crippen molar-refractivity contribution >= 4 is 17.7 Å². The minimum atomic E-state index is -4.61. The number of ether oxygens (including phenoxy) is 1. The third-order valence-electron chi connectivity index (χ3n) is 5.19. The van der Waals surface area contributed by atoms with Crippen molar-refractivity contribution in [2.75, 3.05) is 12.9 Å². The number of hydrogen-bond acceptors (Lipinski definition) is 5. The number of amides is 1. The van der Waals surface area contributed by atoms with E-state index in [-0.39, 0.29) is 34.6 Å². The minimum absolute atomic E-state index is 0.00194. The number of alkyl halides is 3. The molecule has 162 valence electrons. The van der Waals surface area contributed by atoms with Crippen molar-refractivity contribution in [3.05, 3.63) is 36.0 Å². The predicted molar refractivity (Wildman–Crippen MR) is 109 cm³/mol. The quantitative estimate of drug-likeness (QED) is 0.482. The van der Waals surface area contributed by atoms with Crippen molar-refractivity contribution in [2.45, 2.75) is 56.5 Å². The normalized spacial score (nSPS) is 19.6. The molecule has 1 amide bonds. The molecule has 0 radical (unpaired) electrons. The summed E-state index contributed by atoms with van der Waals surface area (Å²) in [7, 11) is 1.51. The number of hydrogen-bond donors (Lipinski definition) is 0. The number of nitrogens with zero attached hydrogens (tertiary/aromatic N) is 3. The molecule has 1 aliphatic heterocycles. The number of carbonyl (C=O) groups is 1. The lowest BCUT2D eigenvalue weighted by Gasteiger charge is -2.39. The SMILES string of the molecule is COc1ccc(-c2cc(C(F)(F)F)nc(SCC(=O)N3[C@@H](C)CCC[C@@H]3C)n2)cc1. The zero-order valence-corrected chi connectivity index (χ0v) is 17.9. The highest BCUT2D eigenvalue weighted by Gasteiger charge is 2.34. The maximum atomic E-state index is 13.4. The lowest BCUT2D eigenvalue weighted by molar-refractivity contribution is -0.141. The molecule has 0 bridgehead atoms. The fraction of sp³-hybridized carbons (Fsp3) is 0.476. The van der Waals surface area contributed by atoms with Crippen LogP contribution < -0.4 is 4.74 Å². The second-order valence-corrected chi connectivity index (χ2v) is 8.31. The Labute approximate surface area is 178 Å². The maximum absolute atomic E-state index is 13.4. The van der Waals surface area contributed by atoms with Crippen LogP contribution in [0.2, 0.25) is 0 Å². The summed E-state index contributed by atoms with van der Waals surface area (Å²) in [6.07, 6.45) is -1.68. The zero-order valence-electron chi connectivity index (χ0n) is 17.1. The van der Waals surface area contributed by atoms with E-state index in [9.17, 15) is 18.0 Å². The number of piperidine rings is 1. The maximum Gasteiger partial charge on any atom is 0.433 e. The first kappa shape index (κ1) is 22.4. The molecule has 0 aliphatic carbocycles. The van der Waals surface area contributed by atoms with Crippen LogP contribution in [-0.2, 0) is 11.0 Å². The number of rotatable bonds is 5. The number of carbonyl (C=O) groups excluding carboxylic acids is 1. The lowest BCUT2D eigenvalue weighted by Crippen LogP contribution is -2.48. The monoisotopic (exact) mass is 439 g/mol. The van der Waals surface area contributed by atoms with Crippen LogP contribution >= 0.6 is 11.8 Å². The predicted octanol–water partition coefficient (Wildman–Crippen LogP) is 5.05. The van der Waals surface area contributed by atoms with E-state index >= 15 is 0 Å². The van der Waals surface area contributed by atoms with Gasteiger partial charge in [0.2, 0.25) is 5.91 Å². The van der Waals surface area contributed by atoms with Crippen molar-refractivity contribution in [3.8, 4) is 17.0 Å². The van der Waals surface area contributed by atoms with Crippen LogP contribution in [0.3, 0.4) is 0 Å². The summed E-state index contributed by atoms with van der Waals surface area (Å²) in [5.41, 5.74) is -0.372. The smallest absolute Gasteiger partial charge is 0.433 e. The summed E-state index contributed by atoms with van der Waals surface area (Å²) >= 11 is 0.935. The summed E-state index contributed by atoms with van der Waals surface area (Å²) < 4.78 is 45.2. The van der Waals surface area contributed by atoms with E-state index in [2.05, 4.69) is 9.97 Å². The van der Waals surface area contributed by atoms with E-state index in [1.54, 1.807) is 24.3 Å². The number of likely N-dealkylation sites (tertiary alicyclic amines) is 1. The lowest BCUT2D eigenvalue weighted by atomic mass is 9.98. The highest BCUT2D eigenvalue weighted by molar-refractivity contribution is 7.99. The molecule has 0 saturated carbocycles. The van der Waals surface area contributed by atoms with E-state index in [4.69, 9.17) is 4.74 Å². The van der Waals surface area contributed by atoms with Gasteiger partial charge in [-0.1, -0.05) is 11.8 Å². The van der Waals surface area contributed by atoms with Crippen LogP contribution in [0.5, 0.6) is 5.75 Å². The Morgan fingerprint density at radius 1 is 1.17 bits per heavy atom. The molecule has 3 rings (SSSR count). The summed E-state index contributed by atoms with van der Waals surface area (Å²) in [6, 6.07) is 7.75. The van der Waals surface area contributed by atoms with Crippen molar-refractivity contribution in [1.82, 2.24) is 14.9 Å². The third-order valence-corrected chi connectivity index (χ3v) is 6.02. The van der Waals surface area contributed by atoms with Crippen LogP contribution in [0.15, 0.2) is 35.5 Å². The van der Waals surface area contributed by atoms with Gasteiger partial charge < -0.3 is 9.64 Å². The van der Waals surface area contributed by atoms with E-state index in [0.29, 0.717) is 11.3 Å². The van der Waals surface area contributed by atoms with Gasteiger partial charge in [-0.2, -0.15) is 13.2 Å². The molecule has 1 aromatic heterocycles. The molecule has 1 fully saturated rings. The molecule has 1 aromatic carbocycles. The molecule has 1 aliphatic rings. The van der Waals surface area contributed by atoms with Gasteiger partial charge in [-0.05, 0) is 63.4 Å². The van der Waals surface area contributed by atoms with E-state index < -0.39 is 11.9 Å². The van der Waals surface area contributed by atoms with Crippen LogP contribution in [0, 0.1) is 0 Å². The molecule has 0 spiro atoms. The van der Waals surface area contributed by atoms with Gasteiger partial charge in [-0.25, -0.2) is 9.97 Å². The second kappa shape index (κ2) is 9.24. The van der Waals surface area contributed by atoms with E-state index in [1.807, 2.05) is 18.7 Å². The largest absolute Gasteiger partial charge is 0.497 e. The zero-order chi connectivity index (χ0) is 21.9. The number of methoxy groups -OCH3 is 1. The van der Waals surface area contributed by atoms with Crippen molar-refractivity contribution in [3.63, 3.8) is 0 Å². The first-order chi connectivity index (χ1) is 14.2. The van der Waals surface area contributed by atoms with Gasteiger partial charge in [-0.15, -0.1) is 0 Å². The van der Waals surface area contributed by atoms with Crippen LogP contribution in [0.25, 0.3) is 11.3 Å². The average molecular weight is 440 g/mol. The van der Waals surface area contributed by atoms with Crippen LogP contribution in [0.1, 0.15) is 38.8 Å². The van der Waals surface area contributed by atoms with Crippen molar-refractivity contribution in [1.29, 1.82) is 0 Å². The molecule has 9 heteroatoms. The number of thioether (sulfide) groups is 1. The summed E-state index contributed by atoms with van der Waals surface area (Å²) in [6.45, 7) is 4.00. The highest BCUT2D eigenvalue weighted by Crippen LogP contribution is 2.33. The van der Waals surface area contributed by atoms with E-state index in [1.165, 1.54) is 7.11 Å². The molecular formula is C21H24F3N3O2S. The Hall–Kier alpha value is -2.29. The highest BCUT2D eigenvalue weighted by atomic mass is 32.2. The number of benzene rings is 1. The molecule has 1 saturated heterocycles. The molecule has 2 aromatic rings. The van der Waals surface area contributed by atoms with Gasteiger partial charge >= 0.3 is 6.18 Å². The average Bonchev–Trinajstić information content (AvgIpc) is 2.71. The summed E-state index contributed by atoms with van der Waals surface area (Å²) in [4.78, 5) is 22.5. The van der Waals surface area contributed by atoms with Gasteiger partial charge in [0, 0.05) is 17.6 Å². The Morgan fingerprint density at radius 3 is 2.37 bits per heavy atom. The Bertz CT molecular complexity index is 880. The molecule has 30 heavy (non-hydrogen) atoms. The molecule has 5 nitrogen and oxygen atoms in total. The standard InChI is InChI=1S/C21H24F3N3O2S/c1-13-5-4-6-14(2)27(13)19(28)12-30-20-25-17(11-18(26-20)21(22,23)24)15-7-9-16(29-3)10-8-15/h7-11,13-14H,4-6,12H2,1-3H3/t13-,14-/m0/s1. The fourth-order valence-corrected chi connectivity index (χ4v) is 4.39. The Kier molecular flexibility index (Phi) is 6.90. The molecule has 2 heterocycles. The topological polar surface area (TPSA) is 55.3 Å². The van der Waals surface area contributed by atoms with Crippen LogP contribution in [-0.4, -0.2) is 45.7 Å². The fourth-order valence-electron chi connectivity index (χ4n) is 3.66. The van der Waals surface area contributed by atoms with Crippen molar-refractivity contribution in [2.24, 2.45) is 0 Å². The molecular weight excluding hydrogens is 415 g/mol. The second-order valence-electron chi connectivity index (χ2n) is 7.37. The third kappa shape index (κ3) is 5.24. The van der Waals surface area contributed by atoms with Crippen molar-refractivity contribution < 1.29 is 22.7 Å². The summed E-state index contributed by atoms with van der Waals surface area (Å²) in [5.74, 6) is 0.485. The number of aromatic nitrogens is 2. The van der Waals surface area contributed by atoms with Gasteiger partial charge in [0.1, 0.15) is 11.4 Å². The van der Waals surface area contributed by atoms with Gasteiger partial charge in [0.25, 0.3) is 0 Å². The van der Waals surface area contributed by atoms with E-state index in [0.717, 1.165) is 37.1 Å². The first-order valence-electron chi connectivity index (χ1n) is 9.73. The Morgan fingerprint density at radius 2 is 1.80 bits per heavy atom. The number of halogens is 3. The molecule has 2 atom stereocenters. The Balaban J connectivity index is 1.83. The molecule has 0 N–H and O–H groups in total. The minimum Gasteiger partial charge on any atom is -0.497 e. The van der Waals surface area contributed by atoms with Gasteiger partial charge in [0.05, 0.1) is 18.6 Å². The van der Waals surface area contributed by atoms with Gasteiger partial charge in [0.15, 0.2) is 5.16 Å². The first-order valence-corrected chi connectivity index (χ1v) is 10.7. The van der Waals surface area contributed by atoms with Crippen LogP contribution in [0.4, 0.5) is 13.2 Å². The summed E-state index contributed by atoms with van der Waals surface area (Å²) in [5, 5.41) is -0.0682. The molecule has 0 unspecified atom stereocenters.